The summed E-state index contributed by atoms with van der Waals surface area (Å²) in [6.45, 7) is 7.61. The van der Waals surface area contributed by atoms with Crippen molar-refractivity contribution in [1.82, 2.24) is 15.1 Å². The van der Waals surface area contributed by atoms with E-state index in [4.69, 9.17) is 0 Å². The summed E-state index contributed by atoms with van der Waals surface area (Å²) in [5.74, 6) is 2.05. The van der Waals surface area contributed by atoms with Crippen LogP contribution in [-0.4, -0.2) is 61.5 Å². The average molecular weight is 307 g/mol. The highest BCUT2D eigenvalue weighted by atomic mass is 16.2. The molecule has 1 unspecified atom stereocenters. The minimum atomic E-state index is 0.393. The Bertz CT molecular complexity index is 340. The van der Waals surface area contributed by atoms with E-state index in [1.807, 2.05) is 0 Å². The van der Waals surface area contributed by atoms with E-state index in [0.717, 1.165) is 63.9 Å². The van der Waals surface area contributed by atoms with E-state index >= 15 is 0 Å². The van der Waals surface area contributed by atoms with Gasteiger partial charge in [0.25, 0.3) is 0 Å². The summed E-state index contributed by atoms with van der Waals surface area (Å²) in [7, 11) is 0. The molecule has 1 atom stereocenters. The molecule has 4 heteroatoms. The van der Waals surface area contributed by atoms with E-state index in [2.05, 4.69) is 15.1 Å². The molecule has 3 fully saturated rings. The molecular weight excluding hydrogens is 274 g/mol. The van der Waals surface area contributed by atoms with E-state index in [0.29, 0.717) is 5.91 Å². The zero-order valence-electron chi connectivity index (χ0n) is 14.1. The fraction of sp³-hybridized carbons (Fsp3) is 0.944. The molecule has 0 spiro atoms. The number of rotatable bonds is 5. The summed E-state index contributed by atoms with van der Waals surface area (Å²) < 4.78 is 0. The van der Waals surface area contributed by atoms with E-state index in [9.17, 15) is 4.79 Å². The molecule has 22 heavy (non-hydrogen) atoms. The fourth-order valence-electron chi connectivity index (χ4n) is 4.36. The van der Waals surface area contributed by atoms with E-state index in [-0.39, 0.29) is 0 Å². The first-order valence-corrected chi connectivity index (χ1v) is 9.52. The van der Waals surface area contributed by atoms with Gasteiger partial charge >= 0.3 is 0 Å². The molecule has 2 heterocycles. The third-order valence-corrected chi connectivity index (χ3v) is 5.89. The average Bonchev–Trinajstić information content (AvgIpc) is 3.08. The summed E-state index contributed by atoms with van der Waals surface area (Å²) >= 11 is 0. The number of nitrogens with one attached hydrogen (secondary N) is 1. The van der Waals surface area contributed by atoms with Gasteiger partial charge in [0.1, 0.15) is 0 Å². The van der Waals surface area contributed by atoms with Crippen LogP contribution in [0.5, 0.6) is 0 Å². The number of nitrogens with zero attached hydrogens (tertiary/aromatic N) is 2. The molecule has 1 N–H and O–H groups in total. The van der Waals surface area contributed by atoms with Crippen LogP contribution >= 0.6 is 0 Å². The van der Waals surface area contributed by atoms with Gasteiger partial charge in [0, 0.05) is 39.1 Å². The zero-order valence-corrected chi connectivity index (χ0v) is 14.1. The molecule has 0 aromatic heterocycles. The van der Waals surface area contributed by atoms with Crippen LogP contribution in [0.1, 0.15) is 51.4 Å². The Hall–Kier alpha value is -0.610. The summed E-state index contributed by atoms with van der Waals surface area (Å²) in [4.78, 5) is 17.0. The highest BCUT2D eigenvalue weighted by Crippen LogP contribution is 2.25. The molecule has 0 bridgehead atoms. The molecule has 1 amide bonds. The second-order valence-electron chi connectivity index (χ2n) is 7.58. The van der Waals surface area contributed by atoms with Crippen molar-refractivity contribution in [2.24, 2.45) is 11.8 Å². The Labute approximate surface area is 135 Å². The van der Waals surface area contributed by atoms with Crippen LogP contribution in [0.3, 0.4) is 0 Å². The number of piperazine rings is 1. The molecule has 0 radical (unpaired) electrons. The van der Waals surface area contributed by atoms with Crippen molar-refractivity contribution in [2.75, 3.05) is 45.8 Å². The lowest BCUT2D eigenvalue weighted by molar-refractivity contribution is -0.133. The van der Waals surface area contributed by atoms with Crippen LogP contribution in [0.4, 0.5) is 0 Å². The first-order chi connectivity index (χ1) is 10.8. The van der Waals surface area contributed by atoms with Gasteiger partial charge in [-0.3, -0.25) is 9.69 Å². The number of carbonyl (C=O) groups excluding carboxylic acids is 1. The third-order valence-electron chi connectivity index (χ3n) is 5.89. The molecule has 0 aromatic rings. The smallest absolute Gasteiger partial charge is 0.222 e. The SMILES string of the molecule is O=C(CCC1CCNC1)N1CCN(CC2CCCCC2)CC1. The maximum atomic E-state index is 12.3. The fourth-order valence-corrected chi connectivity index (χ4v) is 4.36. The van der Waals surface area contributed by atoms with Crippen molar-refractivity contribution in [2.45, 2.75) is 51.4 Å². The van der Waals surface area contributed by atoms with Crippen LogP contribution < -0.4 is 5.32 Å². The lowest BCUT2D eigenvalue weighted by Crippen LogP contribution is -2.49. The second-order valence-corrected chi connectivity index (χ2v) is 7.58. The van der Waals surface area contributed by atoms with Crippen molar-refractivity contribution < 1.29 is 4.79 Å². The van der Waals surface area contributed by atoms with Gasteiger partial charge in [0.05, 0.1) is 0 Å². The van der Waals surface area contributed by atoms with Gasteiger partial charge in [-0.25, -0.2) is 0 Å². The zero-order chi connectivity index (χ0) is 15.2. The van der Waals surface area contributed by atoms with E-state index in [1.165, 1.54) is 45.1 Å². The normalized spacial score (nSPS) is 28.2. The van der Waals surface area contributed by atoms with Crippen LogP contribution in [-0.2, 0) is 4.79 Å². The first-order valence-electron chi connectivity index (χ1n) is 9.52. The Morgan fingerprint density at radius 2 is 1.73 bits per heavy atom. The topological polar surface area (TPSA) is 35.6 Å². The third kappa shape index (κ3) is 4.69. The molecule has 1 saturated carbocycles. The molecular formula is C18H33N3O. The van der Waals surface area contributed by atoms with Gasteiger partial charge in [-0.1, -0.05) is 19.3 Å². The standard InChI is InChI=1S/C18H33N3O/c22-18(7-6-16-8-9-19-14-16)21-12-10-20(11-13-21)15-17-4-2-1-3-5-17/h16-17,19H,1-15H2. The molecule has 3 rings (SSSR count). The maximum Gasteiger partial charge on any atom is 0.222 e. The Balaban J connectivity index is 1.32. The van der Waals surface area contributed by atoms with Crippen LogP contribution in [0, 0.1) is 11.8 Å². The van der Waals surface area contributed by atoms with Gasteiger partial charge in [-0.15, -0.1) is 0 Å². The van der Waals surface area contributed by atoms with Crippen LogP contribution in [0.25, 0.3) is 0 Å². The molecule has 3 aliphatic rings. The van der Waals surface area contributed by atoms with Gasteiger partial charge in [-0.2, -0.15) is 0 Å². The minimum absolute atomic E-state index is 0.393. The van der Waals surface area contributed by atoms with Crippen LogP contribution in [0.2, 0.25) is 0 Å². The van der Waals surface area contributed by atoms with Crippen LogP contribution in [0.15, 0.2) is 0 Å². The molecule has 1 aliphatic carbocycles. The first kappa shape index (κ1) is 16.3. The molecule has 126 valence electrons. The number of hydrogen-bond donors (Lipinski definition) is 1. The second kappa shape index (κ2) is 8.30. The molecule has 2 aliphatic heterocycles. The molecule has 0 aromatic carbocycles. The summed E-state index contributed by atoms with van der Waals surface area (Å²) in [6.07, 6.45) is 10.2. The Morgan fingerprint density at radius 1 is 0.955 bits per heavy atom. The maximum absolute atomic E-state index is 12.3. The predicted octanol–water partition coefficient (Wildman–Crippen LogP) is 2.10. The van der Waals surface area contributed by atoms with Crippen molar-refractivity contribution in [3.05, 3.63) is 0 Å². The van der Waals surface area contributed by atoms with Crippen molar-refractivity contribution in [3.8, 4) is 0 Å². The largest absolute Gasteiger partial charge is 0.340 e. The van der Waals surface area contributed by atoms with Gasteiger partial charge in [-0.05, 0) is 50.6 Å². The van der Waals surface area contributed by atoms with Gasteiger partial charge in [0.2, 0.25) is 5.91 Å². The number of hydrogen-bond acceptors (Lipinski definition) is 3. The molecule has 2 saturated heterocycles. The summed E-state index contributed by atoms with van der Waals surface area (Å²) in [6, 6.07) is 0. The Morgan fingerprint density at radius 3 is 2.41 bits per heavy atom. The van der Waals surface area contributed by atoms with Crippen molar-refractivity contribution >= 4 is 5.91 Å². The predicted molar refractivity (Wildman–Crippen MR) is 89.8 cm³/mol. The van der Waals surface area contributed by atoms with E-state index in [1.54, 1.807) is 0 Å². The van der Waals surface area contributed by atoms with Crippen molar-refractivity contribution in [1.29, 1.82) is 0 Å². The van der Waals surface area contributed by atoms with Gasteiger partial charge in [0.15, 0.2) is 0 Å². The number of carbonyl (C=O) groups is 1. The van der Waals surface area contributed by atoms with Crippen molar-refractivity contribution in [3.63, 3.8) is 0 Å². The van der Waals surface area contributed by atoms with Gasteiger partial charge < -0.3 is 10.2 Å². The Kier molecular flexibility index (Phi) is 6.13. The highest BCUT2D eigenvalue weighted by molar-refractivity contribution is 5.76. The lowest BCUT2D eigenvalue weighted by atomic mass is 9.89. The highest BCUT2D eigenvalue weighted by Gasteiger charge is 2.24. The minimum Gasteiger partial charge on any atom is -0.340 e. The monoisotopic (exact) mass is 307 g/mol. The molecule has 4 nitrogen and oxygen atoms in total. The number of amides is 1. The quantitative estimate of drug-likeness (QED) is 0.845. The van der Waals surface area contributed by atoms with E-state index < -0.39 is 0 Å². The summed E-state index contributed by atoms with van der Waals surface area (Å²) in [5.41, 5.74) is 0. The lowest BCUT2D eigenvalue weighted by Gasteiger charge is -2.37. The summed E-state index contributed by atoms with van der Waals surface area (Å²) in [5, 5.41) is 3.39.